The lowest BCUT2D eigenvalue weighted by Gasteiger charge is -2.10. The first-order valence-corrected chi connectivity index (χ1v) is 6.02. The Bertz CT molecular complexity index is 532. The van der Waals surface area contributed by atoms with Crippen LogP contribution in [0.4, 0.5) is 11.4 Å². The van der Waals surface area contributed by atoms with Crippen molar-refractivity contribution in [3.63, 3.8) is 0 Å². The van der Waals surface area contributed by atoms with Gasteiger partial charge in [-0.2, -0.15) is 0 Å². The molecule has 1 heterocycles. The van der Waals surface area contributed by atoms with Gasteiger partial charge in [0.05, 0.1) is 7.11 Å². The molecule has 0 amide bonds. The third-order valence-corrected chi connectivity index (χ3v) is 2.45. The highest BCUT2D eigenvalue weighted by Crippen LogP contribution is 2.22. The van der Waals surface area contributed by atoms with E-state index in [-0.39, 0.29) is 0 Å². The first-order chi connectivity index (χ1) is 9.31. The molecule has 0 saturated carbocycles. The van der Waals surface area contributed by atoms with Crippen molar-refractivity contribution in [2.45, 2.75) is 0 Å². The van der Waals surface area contributed by atoms with Crippen LogP contribution < -0.4 is 20.5 Å². The molecule has 0 aliphatic heterocycles. The number of nitrogens with zero attached hydrogens (tertiary/aromatic N) is 1. The van der Waals surface area contributed by atoms with Gasteiger partial charge in [-0.1, -0.05) is 6.07 Å². The Morgan fingerprint density at radius 3 is 2.84 bits per heavy atom. The molecular formula is C14H17N3O2. The molecular weight excluding hydrogens is 242 g/mol. The topological polar surface area (TPSA) is 69.4 Å². The van der Waals surface area contributed by atoms with Crippen molar-refractivity contribution in [2.24, 2.45) is 5.73 Å². The predicted molar refractivity (Wildman–Crippen MR) is 75.1 cm³/mol. The number of methoxy groups -OCH3 is 1. The number of nitrogens with one attached hydrogen (secondary N) is 1. The van der Waals surface area contributed by atoms with Crippen LogP contribution >= 0.6 is 0 Å². The third kappa shape index (κ3) is 3.86. The molecule has 0 atom stereocenters. The molecule has 0 unspecified atom stereocenters. The fourth-order valence-electron chi connectivity index (χ4n) is 1.61. The molecule has 0 fully saturated rings. The summed E-state index contributed by atoms with van der Waals surface area (Å²) in [6.07, 6.45) is 1.69. The van der Waals surface area contributed by atoms with E-state index in [1.165, 1.54) is 0 Å². The Morgan fingerprint density at radius 1 is 1.21 bits per heavy atom. The van der Waals surface area contributed by atoms with Crippen molar-refractivity contribution in [1.82, 2.24) is 4.98 Å². The van der Waals surface area contributed by atoms with Crippen molar-refractivity contribution in [1.29, 1.82) is 0 Å². The molecule has 5 heteroatoms. The fraction of sp³-hybridized carbons (Fsp3) is 0.214. The van der Waals surface area contributed by atoms with Gasteiger partial charge in [-0.15, -0.1) is 0 Å². The van der Waals surface area contributed by atoms with E-state index in [0.717, 1.165) is 17.1 Å². The molecule has 0 aliphatic rings. The Kier molecular flexibility index (Phi) is 4.58. The quantitative estimate of drug-likeness (QED) is 0.832. The van der Waals surface area contributed by atoms with Crippen LogP contribution in [0.25, 0.3) is 0 Å². The van der Waals surface area contributed by atoms with E-state index < -0.39 is 0 Å². The van der Waals surface area contributed by atoms with Crippen LogP contribution in [0.5, 0.6) is 11.6 Å². The van der Waals surface area contributed by atoms with Gasteiger partial charge in [-0.3, -0.25) is 0 Å². The highest BCUT2D eigenvalue weighted by molar-refractivity contribution is 5.61. The summed E-state index contributed by atoms with van der Waals surface area (Å²) < 4.78 is 10.6. The predicted octanol–water partition coefficient (Wildman–Crippen LogP) is 2.17. The Morgan fingerprint density at radius 2 is 2.05 bits per heavy atom. The molecule has 0 saturated heterocycles. The summed E-state index contributed by atoms with van der Waals surface area (Å²) in [7, 11) is 1.59. The lowest BCUT2D eigenvalue weighted by molar-refractivity contribution is 0.328. The van der Waals surface area contributed by atoms with Gasteiger partial charge in [0, 0.05) is 36.2 Å². The van der Waals surface area contributed by atoms with Crippen LogP contribution in [0.3, 0.4) is 0 Å². The number of pyridine rings is 1. The molecule has 0 radical (unpaired) electrons. The van der Waals surface area contributed by atoms with Crippen LogP contribution in [-0.2, 0) is 0 Å². The SMILES string of the molecule is COc1cc(Nc2cccc(OCCN)c2)ccn1. The van der Waals surface area contributed by atoms with Gasteiger partial charge in [0.25, 0.3) is 0 Å². The molecule has 3 N–H and O–H groups in total. The minimum Gasteiger partial charge on any atom is -0.492 e. The number of benzene rings is 1. The minimum absolute atomic E-state index is 0.499. The second-order valence-electron chi connectivity index (χ2n) is 3.88. The minimum atomic E-state index is 0.499. The highest BCUT2D eigenvalue weighted by atomic mass is 16.5. The zero-order valence-electron chi connectivity index (χ0n) is 10.8. The zero-order valence-corrected chi connectivity index (χ0v) is 10.8. The van der Waals surface area contributed by atoms with Crippen molar-refractivity contribution in [2.75, 3.05) is 25.6 Å². The summed E-state index contributed by atoms with van der Waals surface area (Å²) in [5.41, 5.74) is 7.25. The largest absolute Gasteiger partial charge is 0.492 e. The maximum atomic E-state index is 5.48. The Labute approximate surface area is 112 Å². The molecule has 2 aromatic rings. The second-order valence-corrected chi connectivity index (χ2v) is 3.88. The third-order valence-electron chi connectivity index (χ3n) is 2.45. The molecule has 1 aromatic carbocycles. The molecule has 1 aromatic heterocycles. The van der Waals surface area contributed by atoms with Gasteiger partial charge in [0.1, 0.15) is 12.4 Å². The Hall–Kier alpha value is -2.27. The molecule has 2 rings (SSSR count). The van der Waals surface area contributed by atoms with E-state index in [1.54, 1.807) is 13.3 Å². The number of hydrogen-bond acceptors (Lipinski definition) is 5. The van der Waals surface area contributed by atoms with Crippen LogP contribution in [0.1, 0.15) is 0 Å². The van der Waals surface area contributed by atoms with E-state index in [0.29, 0.717) is 19.0 Å². The van der Waals surface area contributed by atoms with Gasteiger partial charge >= 0.3 is 0 Å². The van der Waals surface area contributed by atoms with E-state index >= 15 is 0 Å². The van der Waals surface area contributed by atoms with Crippen LogP contribution in [0.15, 0.2) is 42.6 Å². The van der Waals surface area contributed by atoms with E-state index in [9.17, 15) is 0 Å². The molecule has 5 nitrogen and oxygen atoms in total. The van der Waals surface area contributed by atoms with Gasteiger partial charge in [0.15, 0.2) is 0 Å². The lowest BCUT2D eigenvalue weighted by atomic mass is 10.3. The van der Waals surface area contributed by atoms with Crippen molar-refractivity contribution in [3.05, 3.63) is 42.6 Å². The lowest BCUT2D eigenvalue weighted by Crippen LogP contribution is -2.10. The zero-order chi connectivity index (χ0) is 13.5. The van der Waals surface area contributed by atoms with Gasteiger partial charge in [0.2, 0.25) is 5.88 Å². The van der Waals surface area contributed by atoms with Crippen molar-refractivity contribution < 1.29 is 9.47 Å². The van der Waals surface area contributed by atoms with Crippen molar-refractivity contribution >= 4 is 11.4 Å². The van der Waals surface area contributed by atoms with E-state index in [1.807, 2.05) is 36.4 Å². The summed E-state index contributed by atoms with van der Waals surface area (Å²) in [5, 5.41) is 3.26. The number of ether oxygens (including phenoxy) is 2. The monoisotopic (exact) mass is 259 g/mol. The normalized spacial score (nSPS) is 10.0. The highest BCUT2D eigenvalue weighted by Gasteiger charge is 2.00. The number of nitrogens with two attached hydrogens (primary N) is 1. The van der Waals surface area contributed by atoms with Gasteiger partial charge < -0.3 is 20.5 Å². The Balaban J connectivity index is 2.09. The number of anilines is 2. The molecule has 100 valence electrons. The fourth-order valence-corrected chi connectivity index (χ4v) is 1.61. The first kappa shape index (κ1) is 13.2. The molecule has 0 spiro atoms. The van der Waals surface area contributed by atoms with Gasteiger partial charge in [-0.25, -0.2) is 4.98 Å². The summed E-state index contributed by atoms with van der Waals surface area (Å²) in [6, 6.07) is 11.4. The van der Waals surface area contributed by atoms with Crippen LogP contribution in [0.2, 0.25) is 0 Å². The maximum absolute atomic E-state index is 5.48. The van der Waals surface area contributed by atoms with Crippen molar-refractivity contribution in [3.8, 4) is 11.6 Å². The molecule has 0 bridgehead atoms. The molecule has 0 aliphatic carbocycles. The number of hydrogen-bond donors (Lipinski definition) is 2. The van der Waals surface area contributed by atoms with Gasteiger partial charge in [-0.05, 0) is 18.2 Å². The smallest absolute Gasteiger partial charge is 0.214 e. The average molecular weight is 259 g/mol. The first-order valence-electron chi connectivity index (χ1n) is 6.02. The number of aromatic nitrogens is 1. The van der Waals surface area contributed by atoms with Crippen LogP contribution in [-0.4, -0.2) is 25.2 Å². The van der Waals surface area contributed by atoms with Crippen LogP contribution in [0, 0.1) is 0 Å². The maximum Gasteiger partial charge on any atom is 0.214 e. The summed E-state index contributed by atoms with van der Waals surface area (Å²) in [6.45, 7) is 1.01. The standard InChI is InChI=1S/C14H17N3O2/c1-18-14-10-12(5-7-16-14)17-11-3-2-4-13(9-11)19-8-6-15/h2-5,7,9-10H,6,8,15H2,1H3,(H,16,17). The second kappa shape index (κ2) is 6.61. The molecule has 19 heavy (non-hydrogen) atoms. The summed E-state index contributed by atoms with van der Waals surface area (Å²) in [4.78, 5) is 4.06. The summed E-state index contributed by atoms with van der Waals surface area (Å²) >= 11 is 0. The average Bonchev–Trinajstić information content (AvgIpc) is 2.46. The van der Waals surface area contributed by atoms with E-state index in [4.69, 9.17) is 15.2 Å². The number of rotatable bonds is 6. The van der Waals surface area contributed by atoms with E-state index in [2.05, 4.69) is 10.3 Å². The summed E-state index contributed by atoms with van der Waals surface area (Å²) in [5.74, 6) is 1.36.